The van der Waals surface area contributed by atoms with Crippen molar-refractivity contribution in [3.8, 4) is 0 Å². The van der Waals surface area contributed by atoms with Crippen molar-refractivity contribution in [2.75, 3.05) is 5.32 Å². The van der Waals surface area contributed by atoms with Crippen molar-refractivity contribution in [1.82, 2.24) is 0 Å². The number of ketones is 1. The van der Waals surface area contributed by atoms with Gasteiger partial charge in [-0.25, -0.2) is 0 Å². The summed E-state index contributed by atoms with van der Waals surface area (Å²) in [6, 6.07) is 12.9. The van der Waals surface area contributed by atoms with Gasteiger partial charge in [-0.3, -0.25) is 9.59 Å². The molecule has 0 aliphatic carbocycles. The van der Waals surface area contributed by atoms with E-state index in [-0.39, 0.29) is 11.7 Å². The fourth-order valence-electron chi connectivity index (χ4n) is 2.48. The molecular weight excluding hydrogens is 377 g/mol. The van der Waals surface area contributed by atoms with Crippen LogP contribution >= 0.6 is 22.6 Å². The highest BCUT2D eigenvalue weighted by atomic mass is 127. The third-order valence-corrected chi connectivity index (χ3v) is 4.60. The summed E-state index contributed by atoms with van der Waals surface area (Å²) >= 11 is 2.21. The SMILES string of the molecule is CC1(C)C(=O)Nc2ccc(C(=O)c3ccc(I)cc3)cc21. The van der Waals surface area contributed by atoms with Crippen LogP contribution in [0.15, 0.2) is 42.5 Å². The quantitative estimate of drug-likeness (QED) is 0.626. The molecule has 2 aromatic rings. The molecule has 0 bridgehead atoms. The Kier molecular flexibility index (Phi) is 3.36. The summed E-state index contributed by atoms with van der Waals surface area (Å²) in [5.74, 6) is -0.0549. The van der Waals surface area contributed by atoms with E-state index in [4.69, 9.17) is 0 Å². The van der Waals surface area contributed by atoms with Gasteiger partial charge in [-0.1, -0.05) is 0 Å². The number of fused-ring (bicyclic) bond motifs is 1. The number of anilines is 1. The van der Waals surface area contributed by atoms with E-state index < -0.39 is 5.41 Å². The van der Waals surface area contributed by atoms with Crippen LogP contribution in [0, 0.1) is 3.57 Å². The molecule has 21 heavy (non-hydrogen) atoms. The maximum atomic E-state index is 12.5. The molecule has 3 nitrogen and oxygen atoms in total. The van der Waals surface area contributed by atoms with E-state index >= 15 is 0 Å². The molecule has 0 saturated heterocycles. The lowest BCUT2D eigenvalue weighted by Crippen LogP contribution is -2.27. The minimum absolute atomic E-state index is 0.0238. The monoisotopic (exact) mass is 391 g/mol. The average molecular weight is 391 g/mol. The third kappa shape index (κ3) is 2.37. The summed E-state index contributed by atoms with van der Waals surface area (Å²) in [4.78, 5) is 24.5. The Morgan fingerprint density at radius 2 is 1.67 bits per heavy atom. The van der Waals surface area contributed by atoms with E-state index in [0.29, 0.717) is 11.1 Å². The number of nitrogens with one attached hydrogen (secondary N) is 1. The Hall–Kier alpha value is -1.69. The molecule has 0 aromatic heterocycles. The van der Waals surface area contributed by atoms with Crippen LogP contribution in [-0.4, -0.2) is 11.7 Å². The zero-order valence-electron chi connectivity index (χ0n) is 11.7. The van der Waals surface area contributed by atoms with Gasteiger partial charge in [0, 0.05) is 20.4 Å². The third-order valence-electron chi connectivity index (χ3n) is 3.88. The van der Waals surface area contributed by atoms with Crippen LogP contribution < -0.4 is 5.32 Å². The van der Waals surface area contributed by atoms with Gasteiger partial charge in [-0.15, -0.1) is 0 Å². The number of halogens is 1. The second-order valence-electron chi connectivity index (χ2n) is 5.68. The van der Waals surface area contributed by atoms with E-state index in [1.54, 1.807) is 6.07 Å². The van der Waals surface area contributed by atoms with Crippen LogP contribution in [-0.2, 0) is 10.2 Å². The van der Waals surface area contributed by atoms with Gasteiger partial charge in [0.2, 0.25) is 5.91 Å². The molecule has 0 radical (unpaired) electrons. The fraction of sp³-hybridized carbons (Fsp3) is 0.176. The average Bonchev–Trinajstić information content (AvgIpc) is 2.69. The summed E-state index contributed by atoms with van der Waals surface area (Å²) < 4.78 is 1.09. The number of hydrogen-bond donors (Lipinski definition) is 1. The Morgan fingerprint density at radius 1 is 1.05 bits per heavy atom. The second kappa shape index (κ2) is 4.94. The standard InChI is InChI=1S/C17H14INO2/c1-17(2)13-9-11(5-8-14(13)19-16(17)21)15(20)10-3-6-12(18)7-4-10/h3-9H,1-2H3,(H,19,21). The van der Waals surface area contributed by atoms with Crippen LogP contribution in [0.5, 0.6) is 0 Å². The van der Waals surface area contributed by atoms with E-state index in [1.165, 1.54) is 0 Å². The lowest BCUT2D eigenvalue weighted by molar-refractivity contribution is -0.119. The van der Waals surface area contributed by atoms with E-state index in [2.05, 4.69) is 27.9 Å². The molecule has 2 aromatic carbocycles. The van der Waals surface area contributed by atoms with Gasteiger partial charge in [-0.2, -0.15) is 0 Å². The zero-order chi connectivity index (χ0) is 15.2. The number of benzene rings is 2. The normalized spacial score (nSPS) is 15.5. The molecule has 4 heteroatoms. The maximum absolute atomic E-state index is 12.5. The van der Waals surface area contributed by atoms with Crippen molar-refractivity contribution in [3.63, 3.8) is 0 Å². The van der Waals surface area contributed by atoms with Crippen LogP contribution in [0.1, 0.15) is 35.3 Å². The van der Waals surface area contributed by atoms with Crippen molar-refractivity contribution in [2.24, 2.45) is 0 Å². The number of hydrogen-bond acceptors (Lipinski definition) is 2. The Balaban J connectivity index is 2.02. The van der Waals surface area contributed by atoms with Gasteiger partial charge >= 0.3 is 0 Å². The van der Waals surface area contributed by atoms with E-state index in [0.717, 1.165) is 14.8 Å². The minimum atomic E-state index is -0.600. The van der Waals surface area contributed by atoms with Crippen molar-refractivity contribution >= 4 is 40.0 Å². The minimum Gasteiger partial charge on any atom is -0.325 e. The van der Waals surface area contributed by atoms with Crippen molar-refractivity contribution in [1.29, 1.82) is 0 Å². The van der Waals surface area contributed by atoms with Gasteiger partial charge in [0.25, 0.3) is 0 Å². The number of rotatable bonds is 2. The molecular formula is C17H14INO2. The lowest BCUT2D eigenvalue weighted by atomic mass is 9.84. The first-order valence-electron chi connectivity index (χ1n) is 6.66. The highest BCUT2D eigenvalue weighted by Crippen LogP contribution is 2.37. The summed E-state index contributed by atoms with van der Waals surface area (Å²) in [7, 11) is 0. The zero-order valence-corrected chi connectivity index (χ0v) is 13.9. The number of carbonyl (C=O) groups excluding carboxylic acids is 2. The van der Waals surface area contributed by atoms with Crippen LogP contribution in [0.4, 0.5) is 5.69 Å². The van der Waals surface area contributed by atoms with Crippen LogP contribution in [0.2, 0.25) is 0 Å². The predicted octanol–water partition coefficient (Wildman–Crippen LogP) is 3.75. The predicted molar refractivity (Wildman–Crippen MR) is 90.7 cm³/mol. The highest BCUT2D eigenvalue weighted by molar-refractivity contribution is 14.1. The summed E-state index contributed by atoms with van der Waals surface area (Å²) in [5, 5.41) is 2.85. The van der Waals surface area contributed by atoms with Crippen molar-refractivity contribution < 1.29 is 9.59 Å². The van der Waals surface area contributed by atoms with Gasteiger partial charge in [0.05, 0.1) is 5.41 Å². The molecule has 3 rings (SSSR count). The molecule has 106 valence electrons. The Bertz CT molecular complexity index is 748. The topological polar surface area (TPSA) is 46.2 Å². The number of carbonyl (C=O) groups is 2. The Labute approximate surface area is 136 Å². The first-order chi connectivity index (χ1) is 9.89. The van der Waals surface area contributed by atoms with Crippen LogP contribution in [0.25, 0.3) is 0 Å². The Morgan fingerprint density at radius 3 is 2.33 bits per heavy atom. The first kappa shape index (κ1) is 14.3. The molecule has 0 saturated carbocycles. The molecule has 0 spiro atoms. The highest BCUT2D eigenvalue weighted by Gasteiger charge is 2.38. The summed E-state index contributed by atoms with van der Waals surface area (Å²) in [6.45, 7) is 3.74. The lowest BCUT2D eigenvalue weighted by Gasteiger charge is -2.15. The molecule has 1 amide bonds. The number of amides is 1. The second-order valence-corrected chi connectivity index (χ2v) is 6.92. The molecule has 1 aliphatic heterocycles. The molecule has 1 heterocycles. The molecule has 1 aliphatic rings. The molecule has 1 N–H and O–H groups in total. The summed E-state index contributed by atoms with van der Waals surface area (Å²) in [6.07, 6.45) is 0. The molecule has 0 atom stereocenters. The van der Waals surface area contributed by atoms with Gasteiger partial charge < -0.3 is 5.32 Å². The van der Waals surface area contributed by atoms with E-state index in [9.17, 15) is 9.59 Å². The van der Waals surface area contributed by atoms with Crippen LogP contribution in [0.3, 0.4) is 0 Å². The van der Waals surface area contributed by atoms with Crippen molar-refractivity contribution in [3.05, 3.63) is 62.7 Å². The van der Waals surface area contributed by atoms with Gasteiger partial charge in [0.15, 0.2) is 5.78 Å². The largest absolute Gasteiger partial charge is 0.325 e. The van der Waals surface area contributed by atoms with E-state index in [1.807, 2.05) is 50.2 Å². The smallest absolute Gasteiger partial charge is 0.234 e. The summed E-state index contributed by atoms with van der Waals surface area (Å²) in [5.41, 5.74) is 2.34. The molecule has 0 fully saturated rings. The fourth-order valence-corrected chi connectivity index (χ4v) is 2.84. The molecule has 0 unspecified atom stereocenters. The first-order valence-corrected chi connectivity index (χ1v) is 7.74. The van der Waals surface area contributed by atoms with Gasteiger partial charge in [0.1, 0.15) is 0 Å². The maximum Gasteiger partial charge on any atom is 0.234 e. The van der Waals surface area contributed by atoms with Crippen molar-refractivity contribution in [2.45, 2.75) is 19.3 Å². The van der Waals surface area contributed by atoms with Gasteiger partial charge in [-0.05, 0) is 84.5 Å².